The van der Waals surface area contributed by atoms with E-state index in [9.17, 15) is 0 Å². The molecule has 0 bridgehead atoms. The van der Waals surface area contributed by atoms with Crippen LogP contribution in [0.3, 0.4) is 0 Å². The monoisotopic (exact) mass is 320 g/mol. The van der Waals surface area contributed by atoms with Crippen molar-refractivity contribution in [2.75, 3.05) is 0 Å². The van der Waals surface area contributed by atoms with Gasteiger partial charge in [-0.15, -0.1) is 0 Å². The molecule has 16 heavy (non-hydrogen) atoms. The molecule has 0 spiro atoms. The number of aromatic nitrogens is 2. The number of hydrogen-bond acceptors (Lipinski definition) is 1. The van der Waals surface area contributed by atoms with Gasteiger partial charge in [0, 0.05) is 11.8 Å². The topological polar surface area (TPSA) is 17.3 Å². The van der Waals surface area contributed by atoms with Gasteiger partial charge >= 0.3 is 0 Å². The molecule has 0 saturated carbocycles. The van der Waals surface area contributed by atoms with Crippen LogP contribution in [0, 0.1) is 3.57 Å². The molecular formula is C13H9IN2. The molecule has 0 radical (unpaired) electrons. The predicted octanol–water partition coefficient (Wildman–Crippen LogP) is 3.61. The fourth-order valence-corrected chi connectivity index (χ4v) is 2.60. The molecule has 3 rings (SSSR count). The molecule has 2 heterocycles. The molecule has 0 unspecified atom stereocenters. The quantitative estimate of drug-likeness (QED) is 0.626. The van der Waals surface area contributed by atoms with Gasteiger partial charge in [-0.3, -0.25) is 0 Å². The third-order valence-corrected chi connectivity index (χ3v) is 3.59. The Morgan fingerprint density at radius 2 is 1.69 bits per heavy atom. The maximum absolute atomic E-state index is 4.59. The molecule has 78 valence electrons. The Balaban J connectivity index is 2.29. The molecule has 3 aromatic rings. The van der Waals surface area contributed by atoms with Crippen molar-refractivity contribution < 1.29 is 0 Å². The van der Waals surface area contributed by atoms with E-state index in [0.29, 0.717) is 0 Å². The second-order valence-corrected chi connectivity index (χ2v) is 4.64. The number of fused-ring (bicyclic) bond motifs is 1. The van der Waals surface area contributed by atoms with Gasteiger partial charge in [0.15, 0.2) is 0 Å². The smallest absolute Gasteiger partial charge is 0.107 e. The first-order chi connectivity index (χ1) is 7.86. The summed E-state index contributed by atoms with van der Waals surface area (Å²) in [6, 6.07) is 16.4. The summed E-state index contributed by atoms with van der Waals surface area (Å²) >= 11 is 2.35. The van der Waals surface area contributed by atoms with Gasteiger partial charge in [-0.25, -0.2) is 4.52 Å². The van der Waals surface area contributed by atoms with E-state index in [1.807, 2.05) is 41.0 Å². The van der Waals surface area contributed by atoms with Crippen molar-refractivity contribution in [3.63, 3.8) is 0 Å². The number of pyridine rings is 1. The molecule has 0 N–H and O–H groups in total. The predicted molar refractivity (Wildman–Crippen MR) is 73.3 cm³/mol. The Bertz CT molecular complexity index is 629. The zero-order valence-corrected chi connectivity index (χ0v) is 10.6. The minimum atomic E-state index is 1.05. The van der Waals surface area contributed by atoms with Crippen molar-refractivity contribution in [1.29, 1.82) is 0 Å². The number of halogens is 1. The Morgan fingerprint density at radius 1 is 0.938 bits per heavy atom. The van der Waals surface area contributed by atoms with Gasteiger partial charge < -0.3 is 0 Å². The third kappa shape index (κ3) is 1.51. The molecule has 3 heteroatoms. The van der Waals surface area contributed by atoms with Crippen LogP contribution in [0.2, 0.25) is 0 Å². The summed E-state index contributed by atoms with van der Waals surface area (Å²) in [6.45, 7) is 0. The van der Waals surface area contributed by atoms with Crippen molar-refractivity contribution in [3.05, 3.63) is 58.3 Å². The summed E-state index contributed by atoms with van der Waals surface area (Å²) in [5.41, 5.74) is 3.37. The normalized spacial score (nSPS) is 10.8. The van der Waals surface area contributed by atoms with Crippen LogP contribution in [0.15, 0.2) is 54.7 Å². The molecule has 2 nitrogen and oxygen atoms in total. The van der Waals surface area contributed by atoms with Crippen molar-refractivity contribution in [1.82, 2.24) is 9.61 Å². The minimum absolute atomic E-state index is 1.05. The number of rotatable bonds is 1. The van der Waals surface area contributed by atoms with Crippen LogP contribution >= 0.6 is 22.6 Å². The lowest BCUT2D eigenvalue weighted by Gasteiger charge is -1.95. The zero-order valence-electron chi connectivity index (χ0n) is 8.47. The minimum Gasteiger partial charge on any atom is -0.239 e. The van der Waals surface area contributed by atoms with E-state index in [1.165, 1.54) is 3.57 Å². The fraction of sp³-hybridized carbons (Fsp3) is 0. The Kier molecular flexibility index (Phi) is 2.40. The lowest BCUT2D eigenvalue weighted by molar-refractivity contribution is 0.966. The molecule has 0 aliphatic carbocycles. The van der Waals surface area contributed by atoms with E-state index in [0.717, 1.165) is 16.8 Å². The zero-order chi connectivity index (χ0) is 11.0. The van der Waals surface area contributed by atoms with Crippen LogP contribution in [0.4, 0.5) is 0 Å². The average molecular weight is 320 g/mol. The summed E-state index contributed by atoms with van der Waals surface area (Å²) < 4.78 is 3.12. The summed E-state index contributed by atoms with van der Waals surface area (Å²) in [5.74, 6) is 0. The van der Waals surface area contributed by atoms with Gasteiger partial charge in [0.25, 0.3) is 0 Å². The lowest BCUT2D eigenvalue weighted by atomic mass is 10.1. The molecule has 0 fully saturated rings. The van der Waals surface area contributed by atoms with E-state index in [4.69, 9.17) is 0 Å². The number of hydrogen-bond donors (Lipinski definition) is 0. The van der Waals surface area contributed by atoms with E-state index in [-0.39, 0.29) is 0 Å². The SMILES string of the molecule is Ic1c(-c2ccccc2)nn2ccccc12. The van der Waals surface area contributed by atoms with E-state index in [1.54, 1.807) is 0 Å². The van der Waals surface area contributed by atoms with Gasteiger partial charge in [-0.2, -0.15) is 5.10 Å². The number of nitrogens with zero attached hydrogens (tertiary/aromatic N) is 2. The van der Waals surface area contributed by atoms with Gasteiger partial charge in [-0.1, -0.05) is 36.4 Å². The highest BCUT2D eigenvalue weighted by molar-refractivity contribution is 14.1. The van der Waals surface area contributed by atoms with Gasteiger partial charge in [-0.05, 0) is 34.7 Å². The Morgan fingerprint density at radius 3 is 2.44 bits per heavy atom. The van der Waals surface area contributed by atoms with Crippen molar-refractivity contribution in [2.45, 2.75) is 0 Å². The maximum Gasteiger partial charge on any atom is 0.107 e. The second-order valence-electron chi connectivity index (χ2n) is 3.56. The van der Waals surface area contributed by atoms with Crippen LogP contribution < -0.4 is 0 Å². The van der Waals surface area contributed by atoms with Crippen LogP contribution in [-0.4, -0.2) is 9.61 Å². The van der Waals surface area contributed by atoms with Crippen molar-refractivity contribution in [3.8, 4) is 11.3 Å². The average Bonchev–Trinajstić information content (AvgIpc) is 2.69. The van der Waals surface area contributed by atoms with Crippen molar-refractivity contribution >= 4 is 28.1 Å². The first-order valence-corrected chi connectivity index (χ1v) is 6.12. The highest BCUT2D eigenvalue weighted by Gasteiger charge is 2.10. The third-order valence-electron chi connectivity index (χ3n) is 2.53. The molecule has 0 aliphatic heterocycles. The van der Waals surface area contributed by atoms with E-state index >= 15 is 0 Å². The van der Waals surface area contributed by atoms with E-state index in [2.05, 4.69) is 45.9 Å². The molecule has 0 aliphatic rings. The largest absolute Gasteiger partial charge is 0.239 e. The van der Waals surface area contributed by atoms with Crippen LogP contribution in [0.25, 0.3) is 16.8 Å². The van der Waals surface area contributed by atoms with Gasteiger partial charge in [0.2, 0.25) is 0 Å². The highest BCUT2D eigenvalue weighted by atomic mass is 127. The van der Waals surface area contributed by atoms with Gasteiger partial charge in [0.1, 0.15) is 5.69 Å². The maximum atomic E-state index is 4.59. The van der Waals surface area contributed by atoms with Crippen molar-refractivity contribution in [2.24, 2.45) is 0 Å². The number of benzene rings is 1. The first-order valence-electron chi connectivity index (χ1n) is 5.04. The molecule has 0 amide bonds. The molecular weight excluding hydrogens is 311 g/mol. The van der Waals surface area contributed by atoms with Crippen LogP contribution in [0.5, 0.6) is 0 Å². The highest BCUT2D eigenvalue weighted by Crippen LogP contribution is 2.26. The standard InChI is InChI=1S/C13H9IN2/c14-12-11-8-4-5-9-16(11)15-13(12)10-6-2-1-3-7-10/h1-9H. The Hall–Kier alpha value is -1.36. The molecule has 0 atom stereocenters. The summed E-state index contributed by atoms with van der Waals surface area (Å²) in [4.78, 5) is 0. The molecule has 0 saturated heterocycles. The molecule has 1 aromatic carbocycles. The lowest BCUT2D eigenvalue weighted by Crippen LogP contribution is -1.84. The summed E-state index contributed by atoms with van der Waals surface area (Å²) in [7, 11) is 0. The van der Waals surface area contributed by atoms with Crippen LogP contribution in [-0.2, 0) is 0 Å². The van der Waals surface area contributed by atoms with Crippen LogP contribution in [0.1, 0.15) is 0 Å². The fourth-order valence-electron chi connectivity index (χ4n) is 1.75. The summed E-state index contributed by atoms with van der Waals surface area (Å²) in [5, 5.41) is 4.59. The molecule has 2 aromatic heterocycles. The summed E-state index contributed by atoms with van der Waals surface area (Å²) in [6.07, 6.45) is 1.98. The Labute approximate surface area is 107 Å². The first kappa shape index (κ1) is 9.84. The van der Waals surface area contributed by atoms with Gasteiger partial charge in [0.05, 0.1) is 9.09 Å². The van der Waals surface area contributed by atoms with E-state index < -0.39 is 0 Å². The second kappa shape index (κ2) is 3.90.